The van der Waals surface area contributed by atoms with Crippen LogP contribution in [0.25, 0.3) is 0 Å². The number of H-pyrrole nitrogens is 1. The number of methoxy groups -OCH3 is 1. The molecule has 2 aromatic rings. The Labute approximate surface area is 112 Å². The van der Waals surface area contributed by atoms with Crippen LogP contribution in [0.5, 0.6) is 5.75 Å². The summed E-state index contributed by atoms with van der Waals surface area (Å²) in [6.45, 7) is 3.95. The zero-order chi connectivity index (χ0) is 13.8. The van der Waals surface area contributed by atoms with E-state index in [-0.39, 0.29) is 5.91 Å². The van der Waals surface area contributed by atoms with Gasteiger partial charge in [0.25, 0.3) is 0 Å². The van der Waals surface area contributed by atoms with E-state index in [1.54, 1.807) is 7.11 Å². The lowest BCUT2D eigenvalue weighted by atomic mass is 10.1. The first-order valence-corrected chi connectivity index (χ1v) is 6.18. The van der Waals surface area contributed by atoms with Gasteiger partial charge in [0.1, 0.15) is 5.75 Å². The van der Waals surface area contributed by atoms with Gasteiger partial charge in [0.15, 0.2) is 0 Å². The number of carbonyl (C=O) groups excluding carboxylic acids is 1. The molecule has 1 aromatic heterocycles. The number of anilines is 1. The van der Waals surface area contributed by atoms with Crippen molar-refractivity contribution in [2.24, 2.45) is 0 Å². The molecule has 0 atom stereocenters. The molecule has 0 aliphatic heterocycles. The third-order valence-corrected chi connectivity index (χ3v) is 2.99. The second-order valence-corrected chi connectivity index (χ2v) is 4.53. The van der Waals surface area contributed by atoms with Gasteiger partial charge in [0, 0.05) is 11.4 Å². The normalized spacial score (nSPS) is 10.3. The summed E-state index contributed by atoms with van der Waals surface area (Å²) in [5, 5.41) is 2.87. The number of rotatable bonds is 4. The first-order valence-electron chi connectivity index (χ1n) is 6.18. The quantitative estimate of drug-likeness (QED) is 0.886. The van der Waals surface area contributed by atoms with E-state index in [0.717, 1.165) is 17.0 Å². The second-order valence-electron chi connectivity index (χ2n) is 4.53. The van der Waals surface area contributed by atoms with Crippen molar-refractivity contribution < 1.29 is 9.53 Å². The molecule has 0 spiro atoms. The molecule has 0 fully saturated rings. The van der Waals surface area contributed by atoms with Gasteiger partial charge >= 0.3 is 0 Å². The lowest BCUT2D eigenvalue weighted by Crippen LogP contribution is -2.15. The van der Waals surface area contributed by atoms with Crippen LogP contribution in [0.4, 0.5) is 5.69 Å². The van der Waals surface area contributed by atoms with E-state index in [9.17, 15) is 4.79 Å². The van der Waals surface area contributed by atoms with E-state index < -0.39 is 0 Å². The van der Waals surface area contributed by atoms with Gasteiger partial charge in [0.05, 0.1) is 19.2 Å². The Kier molecular flexibility index (Phi) is 3.90. The average molecular weight is 258 g/mol. The second kappa shape index (κ2) is 5.61. The Morgan fingerprint density at radius 1 is 1.32 bits per heavy atom. The molecule has 0 unspecified atom stereocenters. The van der Waals surface area contributed by atoms with Gasteiger partial charge in [-0.3, -0.25) is 4.79 Å². The molecule has 0 radical (unpaired) electrons. The SMILES string of the molecule is COc1ccccc1NC(=O)Cc1cc(C)[nH]c1C. The Morgan fingerprint density at radius 3 is 2.68 bits per heavy atom. The van der Waals surface area contributed by atoms with Crippen LogP contribution in [-0.2, 0) is 11.2 Å². The fourth-order valence-electron chi connectivity index (χ4n) is 2.08. The summed E-state index contributed by atoms with van der Waals surface area (Å²) >= 11 is 0. The number of aromatic amines is 1. The standard InChI is InChI=1S/C15H18N2O2/c1-10-8-12(11(2)16-10)9-15(18)17-13-6-4-5-7-14(13)19-3/h4-8,16H,9H2,1-3H3,(H,17,18). The molecule has 1 amide bonds. The molecule has 4 heteroatoms. The van der Waals surface area contributed by atoms with Gasteiger partial charge in [-0.25, -0.2) is 0 Å². The molecule has 2 N–H and O–H groups in total. The number of benzene rings is 1. The maximum absolute atomic E-state index is 12.0. The van der Waals surface area contributed by atoms with Crippen LogP contribution < -0.4 is 10.1 Å². The predicted octanol–water partition coefficient (Wildman–Crippen LogP) is 2.82. The zero-order valence-electron chi connectivity index (χ0n) is 11.4. The maximum atomic E-state index is 12.0. The van der Waals surface area contributed by atoms with Crippen molar-refractivity contribution in [3.63, 3.8) is 0 Å². The molecular formula is C15H18N2O2. The number of carbonyl (C=O) groups is 1. The van der Waals surface area contributed by atoms with Crippen molar-refractivity contribution in [1.29, 1.82) is 0 Å². The summed E-state index contributed by atoms with van der Waals surface area (Å²) in [5.74, 6) is 0.615. The molecule has 0 saturated heterocycles. The Bertz CT molecular complexity index is 588. The summed E-state index contributed by atoms with van der Waals surface area (Å²) in [5.41, 5.74) is 3.81. The Hall–Kier alpha value is -2.23. The summed E-state index contributed by atoms with van der Waals surface area (Å²) in [4.78, 5) is 15.2. The van der Waals surface area contributed by atoms with Crippen molar-refractivity contribution in [2.75, 3.05) is 12.4 Å². The van der Waals surface area contributed by atoms with Crippen LogP contribution in [0.1, 0.15) is 17.0 Å². The van der Waals surface area contributed by atoms with Gasteiger partial charge < -0.3 is 15.0 Å². The lowest BCUT2D eigenvalue weighted by molar-refractivity contribution is -0.115. The van der Waals surface area contributed by atoms with Gasteiger partial charge in [-0.1, -0.05) is 12.1 Å². The highest BCUT2D eigenvalue weighted by Crippen LogP contribution is 2.23. The van der Waals surface area contributed by atoms with Crippen molar-refractivity contribution in [3.8, 4) is 5.75 Å². The van der Waals surface area contributed by atoms with Crippen LogP contribution in [0.2, 0.25) is 0 Å². The molecule has 1 heterocycles. The molecule has 19 heavy (non-hydrogen) atoms. The molecule has 0 aliphatic carbocycles. The Balaban J connectivity index is 2.07. The number of nitrogens with one attached hydrogen (secondary N) is 2. The monoisotopic (exact) mass is 258 g/mol. The molecule has 4 nitrogen and oxygen atoms in total. The van der Waals surface area contributed by atoms with Crippen LogP contribution >= 0.6 is 0 Å². The van der Waals surface area contributed by atoms with E-state index in [2.05, 4.69) is 10.3 Å². The van der Waals surface area contributed by atoms with Crippen LogP contribution in [0, 0.1) is 13.8 Å². The molecular weight excluding hydrogens is 240 g/mol. The van der Waals surface area contributed by atoms with E-state index in [4.69, 9.17) is 4.74 Å². The highest BCUT2D eigenvalue weighted by molar-refractivity contribution is 5.93. The number of hydrogen-bond donors (Lipinski definition) is 2. The fraction of sp³-hybridized carbons (Fsp3) is 0.267. The van der Waals surface area contributed by atoms with Crippen molar-refractivity contribution >= 4 is 11.6 Å². The minimum atomic E-state index is -0.0494. The van der Waals surface area contributed by atoms with E-state index in [1.807, 2.05) is 44.2 Å². The number of para-hydroxylation sites is 2. The minimum absolute atomic E-state index is 0.0494. The molecule has 100 valence electrons. The zero-order valence-corrected chi connectivity index (χ0v) is 11.4. The van der Waals surface area contributed by atoms with Gasteiger partial charge in [-0.15, -0.1) is 0 Å². The fourth-order valence-corrected chi connectivity index (χ4v) is 2.08. The number of aryl methyl sites for hydroxylation is 2. The average Bonchev–Trinajstić information content (AvgIpc) is 2.68. The third-order valence-electron chi connectivity index (χ3n) is 2.99. The van der Waals surface area contributed by atoms with E-state index in [0.29, 0.717) is 17.9 Å². The van der Waals surface area contributed by atoms with Crippen molar-refractivity contribution in [3.05, 3.63) is 47.3 Å². The maximum Gasteiger partial charge on any atom is 0.228 e. The predicted molar refractivity (Wildman–Crippen MR) is 75.6 cm³/mol. The van der Waals surface area contributed by atoms with Gasteiger partial charge in [0.2, 0.25) is 5.91 Å². The number of ether oxygens (including phenoxy) is 1. The summed E-state index contributed by atoms with van der Waals surface area (Å²) in [6, 6.07) is 9.38. The van der Waals surface area contributed by atoms with E-state index >= 15 is 0 Å². The highest BCUT2D eigenvalue weighted by atomic mass is 16.5. The summed E-state index contributed by atoms with van der Waals surface area (Å²) in [7, 11) is 1.59. The van der Waals surface area contributed by atoms with Gasteiger partial charge in [-0.2, -0.15) is 0 Å². The van der Waals surface area contributed by atoms with Crippen molar-refractivity contribution in [1.82, 2.24) is 4.98 Å². The van der Waals surface area contributed by atoms with Crippen LogP contribution in [0.3, 0.4) is 0 Å². The smallest absolute Gasteiger partial charge is 0.228 e. The first-order chi connectivity index (χ1) is 9.10. The lowest BCUT2D eigenvalue weighted by Gasteiger charge is -2.09. The minimum Gasteiger partial charge on any atom is -0.495 e. The first kappa shape index (κ1) is 13.2. The summed E-state index contributed by atoms with van der Waals surface area (Å²) < 4.78 is 5.20. The largest absolute Gasteiger partial charge is 0.495 e. The molecule has 2 rings (SSSR count). The van der Waals surface area contributed by atoms with E-state index in [1.165, 1.54) is 0 Å². The molecule has 0 aliphatic rings. The summed E-state index contributed by atoms with van der Waals surface area (Å²) in [6.07, 6.45) is 0.355. The topological polar surface area (TPSA) is 54.1 Å². The highest BCUT2D eigenvalue weighted by Gasteiger charge is 2.10. The number of aromatic nitrogens is 1. The number of hydrogen-bond acceptors (Lipinski definition) is 2. The third kappa shape index (κ3) is 3.16. The molecule has 0 saturated carbocycles. The van der Waals surface area contributed by atoms with Crippen LogP contribution in [0.15, 0.2) is 30.3 Å². The van der Waals surface area contributed by atoms with Gasteiger partial charge in [-0.05, 0) is 37.6 Å². The Morgan fingerprint density at radius 2 is 2.05 bits per heavy atom. The molecule has 1 aromatic carbocycles. The molecule has 0 bridgehead atoms. The van der Waals surface area contributed by atoms with Crippen LogP contribution in [-0.4, -0.2) is 18.0 Å². The number of amides is 1. The van der Waals surface area contributed by atoms with Crippen molar-refractivity contribution in [2.45, 2.75) is 20.3 Å².